The molecule has 2 aromatic rings. The molecule has 1 aromatic heterocycles. The number of nitrogens with zero attached hydrogens (tertiary/aromatic N) is 5. The number of carbonyl (C=O) groups is 3. The normalized spacial score (nSPS) is 18.6. The van der Waals surface area contributed by atoms with Crippen molar-refractivity contribution in [2.45, 2.75) is 66.0 Å². The number of anilines is 4. The Labute approximate surface area is 265 Å². The number of piperazine rings is 1. The summed E-state index contributed by atoms with van der Waals surface area (Å²) in [5, 5.41) is 9.05. The molecule has 0 radical (unpaired) electrons. The van der Waals surface area contributed by atoms with Crippen molar-refractivity contribution in [3.63, 3.8) is 0 Å². The minimum absolute atomic E-state index is 0.0146. The van der Waals surface area contributed by atoms with Crippen LogP contribution in [0.2, 0.25) is 0 Å². The Hall–Kier alpha value is -4.16. The maximum atomic E-state index is 15.3. The van der Waals surface area contributed by atoms with Crippen molar-refractivity contribution in [1.29, 1.82) is 0 Å². The van der Waals surface area contributed by atoms with Crippen LogP contribution >= 0.6 is 0 Å². The third-order valence-corrected chi connectivity index (χ3v) is 8.02. The molecule has 0 saturated carbocycles. The van der Waals surface area contributed by atoms with Crippen LogP contribution in [0.15, 0.2) is 24.4 Å². The van der Waals surface area contributed by atoms with Gasteiger partial charge in [-0.1, -0.05) is 0 Å². The second-order valence-corrected chi connectivity index (χ2v) is 12.6. The Bertz CT molecular complexity index is 1320. The summed E-state index contributed by atoms with van der Waals surface area (Å²) in [6.45, 7) is 12.8. The molecule has 2 aliphatic heterocycles. The van der Waals surface area contributed by atoms with Crippen LogP contribution in [0.3, 0.4) is 0 Å². The van der Waals surface area contributed by atoms with E-state index in [4.69, 9.17) is 4.74 Å². The number of hydrogen-bond donors (Lipinski definition) is 3. The number of halogens is 1. The number of methoxy groups -OCH3 is 1. The number of piperidine rings is 1. The topological polar surface area (TPSA) is 132 Å². The Balaban J connectivity index is 1.52. The third kappa shape index (κ3) is 9.41. The molecule has 2 atom stereocenters. The quantitative estimate of drug-likeness (QED) is 0.344. The zero-order valence-corrected chi connectivity index (χ0v) is 27.2. The van der Waals surface area contributed by atoms with Crippen molar-refractivity contribution in [3.8, 4) is 5.75 Å². The summed E-state index contributed by atoms with van der Waals surface area (Å²) in [6.07, 6.45) is 2.37. The van der Waals surface area contributed by atoms with Gasteiger partial charge in [0.2, 0.25) is 23.7 Å². The van der Waals surface area contributed by atoms with Crippen LogP contribution in [-0.2, 0) is 14.4 Å². The first-order valence-electron chi connectivity index (χ1n) is 15.7. The summed E-state index contributed by atoms with van der Waals surface area (Å²) < 4.78 is 21.0. The molecule has 45 heavy (non-hydrogen) atoms. The van der Waals surface area contributed by atoms with E-state index in [0.717, 1.165) is 25.0 Å². The smallest absolute Gasteiger partial charge is 0.229 e. The lowest BCUT2D eigenvalue weighted by Crippen LogP contribution is -2.48. The lowest BCUT2D eigenvalue weighted by atomic mass is 9.84. The fraction of sp³-hybridized carbons (Fsp3) is 0.594. The molecule has 3 amide bonds. The van der Waals surface area contributed by atoms with Gasteiger partial charge in [0.1, 0.15) is 5.75 Å². The number of ether oxygens (including phenoxy) is 1. The fourth-order valence-corrected chi connectivity index (χ4v) is 6.09. The zero-order chi connectivity index (χ0) is 32.7. The van der Waals surface area contributed by atoms with Crippen LogP contribution < -0.4 is 30.5 Å². The monoisotopic (exact) mass is 626 g/mol. The molecule has 246 valence electrons. The highest BCUT2D eigenvalue weighted by molar-refractivity contribution is 5.77. The molecule has 13 heteroatoms. The van der Waals surface area contributed by atoms with Crippen molar-refractivity contribution < 1.29 is 23.5 Å². The Kier molecular flexibility index (Phi) is 11.4. The molecule has 0 unspecified atom stereocenters. The lowest BCUT2D eigenvalue weighted by molar-refractivity contribution is -0.129. The molecule has 2 fully saturated rings. The van der Waals surface area contributed by atoms with Crippen molar-refractivity contribution in [2.75, 3.05) is 61.5 Å². The number of benzene rings is 1. The van der Waals surface area contributed by atoms with Gasteiger partial charge in [0.05, 0.1) is 19.0 Å². The SMILES string of the molecule is COc1cc(N2CCN(C(C)=O)CC2)ccc1Nc1ncc(F)c(N2C[C@H](CC(=O)NC(C)C)C[C@H](CC(=O)NC(C)C)C2)n1. The summed E-state index contributed by atoms with van der Waals surface area (Å²) in [4.78, 5) is 51.6. The fourth-order valence-electron chi connectivity index (χ4n) is 6.09. The van der Waals surface area contributed by atoms with E-state index in [0.29, 0.717) is 44.0 Å². The van der Waals surface area contributed by atoms with Crippen LogP contribution in [0.1, 0.15) is 53.9 Å². The highest BCUT2D eigenvalue weighted by Crippen LogP contribution is 2.34. The molecule has 3 heterocycles. The molecule has 1 aromatic carbocycles. The number of amides is 3. The van der Waals surface area contributed by atoms with E-state index in [1.165, 1.54) is 0 Å². The van der Waals surface area contributed by atoms with Crippen molar-refractivity contribution in [1.82, 2.24) is 25.5 Å². The number of rotatable bonds is 11. The molecule has 4 rings (SSSR count). The predicted molar refractivity (Wildman–Crippen MR) is 172 cm³/mol. The van der Waals surface area contributed by atoms with Gasteiger partial charge in [0, 0.05) is 82.9 Å². The average Bonchev–Trinajstić information content (AvgIpc) is 2.97. The largest absolute Gasteiger partial charge is 0.494 e. The molecule has 3 N–H and O–H groups in total. The van der Waals surface area contributed by atoms with Gasteiger partial charge in [-0.15, -0.1) is 0 Å². The molecule has 12 nitrogen and oxygen atoms in total. The van der Waals surface area contributed by atoms with E-state index in [2.05, 4.69) is 30.8 Å². The van der Waals surface area contributed by atoms with E-state index in [9.17, 15) is 14.4 Å². The number of carbonyl (C=O) groups excluding carboxylic acids is 3. The zero-order valence-electron chi connectivity index (χ0n) is 27.2. The van der Waals surface area contributed by atoms with Crippen LogP contribution in [0.5, 0.6) is 5.75 Å². The summed E-state index contributed by atoms with van der Waals surface area (Å²) in [5.41, 5.74) is 1.58. The Morgan fingerprint density at radius 2 is 1.56 bits per heavy atom. The Morgan fingerprint density at radius 3 is 2.09 bits per heavy atom. The molecule has 0 aliphatic carbocycles. The summed E-state index contributed by atoms with van der Waals surface area (Å²) >= 11 is 0. The second kappa shape index (κ2) is 15.2. The van der Waals surface area contributed by atoms with E-state index < -0.39 is 5.82 Å². The van der Waals surface area contributed by atoms with Crippen LogP contribution in [-0.4, -0.2) is 91.1 Å². The minimum Gasteiger partial charge on any atom is -0.494 e. The van der Waals surface area contributed by atoms with Gasteiger partial charge in [0.15, 0.2) is 11.6 Å². The Morgan fingerprint density at radius 1 is 0.956 bits per heavy atom. The maximum absolute atomic E-state index is 15.3. The van der Waals surface area contributed by atoms with Gasteiger partial charge in [-0.25, -0.2) is 9.37 Å². The standard InChI is InChI=1S/C32H47FN8O4/c1-20(2)35-29(43)14-23-13-24(15-30(44)36-21(3)4)19-41(18-23)31-26(33)17-34-32(38-31)37-27-8-7-25(16-28(27)45-6)40-11-9-39(10-12-40)22(5)42/h7-8,16-17,20-21,23-24H,9-15,18-19H2,1-6H3,(H,35,43)(H,36,44)(H,34,37,38)/t23-,24+. The average molecular weight is 627 g/mol. The van der Waals surface area contributed by atoms with Gasteiger partial charge in [0.25, 0.3) is 0 Å². The van der Waals surface area contributed by atoms with Gasteiger partial charge in [-0.2, -0.15) is 4.98 Å². The van der Waals surface area contributed by atoms with E-state index in [1.54, 1.807) is 14.0 Å². The summed E-state index contributed by atoms with van der Waals surface area (Å²) in [5.74, 6) is 0.0973. The first-order chi connectivity index (χ1) is 21.4. The first-order valence-corrected chi connectivity index (χ1v) is 15.7. The summed E-state index contributed by atoms with van der Waals surface area (Å²) in [7, 11) is 1.58. The molecular formula is C32H47FN8O4. The van der Waals surface area contributed by atoms with Crippen LogP contribution in [0, 0.1) is 17.7 Å². The van der Waals surface area contributed by atoms with Gasteiger partial charge >= 0.3 is 0 Å². The van der Waals surface area contributed by atoms with E-state index in [1.807, 2.05) is 55.7 Å². The number of aromatic nitrogens is 2. The van der Waals surface area contributed by atoms with Gasteiger partial charge in [-0.3, -0.25) is 14.4 Å². The van der Waals surface area contributed by atoms with Crippen LogP contribution in [0.25, 0.3) is 0 Å². The van der Waals surface area contributed by atoms with Crippen molar-refractivity contribution >= 4 is 40.9 Å². The first kappa shape index (κ1) is 33.7. The molecule has 2 aliphatic rings. The lowest BCUT2D eigenvalue weighted by Gasteiger charge is -2.38. The highest BCUT2D eigenvalue weighted by Gasteiger charge is 2.32. The molecule has 2 saturated heterocycles. The van der Waals surface area contributed by atoms with Gasteiger partial charge in [-0.05, 0) is 58.1 Å². The number of hydrogen-bond acceptors (Lipinski definition) is 9. The molecule has 0 spiro atoms. The van der Waals surface area contributed by atoms with Crippen LogP contribution in [0.4, 0.5) is 27.5 Å². The summed E-state index contributed by atoms with van der Waals surface area (Å²) in [6, 6.07) is 5.77. The molecular weight excluding hydrogens is 579 g/mol. The minimum atomic E-state index is -0.578. The van der Waals surface area contributed by atoms with E-state index in [-0.39, 0.29) is 66.2 Å². The highest BCUT2D eigenvalue weighted by atomic mass is 19.1. The van der Waals surface area contributed by atoms with Crippen molar-refractivity contribution in [2.24, 2.45) is 11.8 Å². The van der Waals surface area contributed by atoms with E-state index >= 15 is 4.39 Å². The molecule has 0 bridgehead atoms. The number of nitrogens with one attached hydrogen (secondary N) is 3. The predicted octanol–water partition coefficient (Wildman–Crippen LogP) is 3.31. The second-order valence-electron chi connectivity index (χ2n) is 12.6. The maximum Gasteiger partial charge on any atom is 0.229 e. The van der Waals surface area contributed by atoms with Gasteiger partial charge < -0.3 is 35.4 Å². The van der Waals surface area contributed by atoms with Crippen molar-refractivity contribution in [3.05, 3.63) is 30.2 Å². The third-order valence-electron chi connectivity index (χ3n) is 8.02.